The molecule has 0 rings (SSSR count). The molecule has 5 nitrogen and oxygen atoms in total. The fraction of sp³-hybridized carbons (Fsp3) is 0.929. The summed E-state index contributed by atoms with van der Waals surface area (Å²) in [6, 6.07) is 0. The smallest absolute Gasteiger partial charge is 0.407 e. The standard InChI is InChI=1S/C14H31NO4Si/c1-13(2,3)15-12(17)19-11(9-16)10-18-20(7,8)14(4,5)6/h11,16H,9-10H2,1-8H3,(H,15,17)/t11-/m0/s1. The lowest BCUT2D eigenvalue weighted by Crippen LogP contribution is -2.46. The molecule has 0 aromatic carbocycles. The zero-order valence-electron chi connectivity index (χ0n) is 14.2. The van der Waals surface area contributed by atoms with Crippen LogP contribution in [0.3, 0.4) is 0 Å². The Labute approximate surface area is 124 Å². The predicted octanol–water partition coefficient (Wildman–Crippen LogP) is 2.89. The highest BCUT2D eigenvalue weighted by atomic mass is 28.4. The second kappa shape index (κ2) is 6.91. The molecule has 1 atom stereocenters. The van der Waals surface area contributed by atoms with Gasteiger partial charge >= 0.3 is 6.09 Å². The Hall–Kier alpha value is -0.593. The van der Waals surface area contributed by atoms with Crippen LogP contribution in [-0.4, -0.2) is 44.4 Å². The highest BCUT2D eigenvalue weighted by molar-refractivity contribution is 6.74. The number of nitrogens with one attached hydrogen (secondary N) is 1. The molecule has 0 heterocycles. The summed E-state index contributed by atoms with van der Waals surface area (Å²) < 4.78 is 11.1. The molecule has 0 saturated carbocycles. The molecular weight excluding hydrogens is 274 g/mol. The van der Waals surface area contributed by atoms with Crippen molar-refractivity contribution in [2.45, 2.75) is 71.3 Å². The van der Waals surface area contributed by atoms with Crippen LogP contribution in [0, 0.1) is 0 Å². The van der Waals surface area contributed by atoms with Crippen molar-refractivity contribution in [2.75, 3.05) is 13.2 Å². The molecule has 0 aromatic rings. The van der Waals surface area contributed by atoms with Gasteiger partial charge in [0.2, 0.25) is 0 Å². The number of amides is 1. The van der Waals surface area contributed by atoms with Crippen molar-refractivity contribution in [3.8, 4) is 0 Å². The third kappa shape index (κ3) is 7.26. The fourth-order valence-electron chi connectivity index (χ4n) is 1.13. The summed E-state index contributed by atoms with van der Waals surface area (Å²) in [6.07, 6.45) is -1.16. The molecular formula is C14H31NO4Si. The second-order valence-electron chi connectivity index (χ2n) is 7.66. The molecule has 0 aliphatic heterocycles. The van der Waals surface area contributed by atoms with Crippen molar-refractivity contribution >= 4 is 14.4 Å². The van der Waals surface area contributed by atoms with Gasteiger partial charge in [0.25, 0.3) is 0 Å². The predicted molar refractivity (Wildman–Crippen MR) is 83.4 cm³/mol. The van der Waals surface area contributed by atoms with Crippen LogP contribution in [0.15, 0.2) is 0 Å². The average molecular weight is 305 g/mol. The molecule has 0 aliphatic carbocycles. The van der Waals surface area contributed by atoms with E-state index in [1.165, 1.54) is 0 Å². The summed E-state index contributed by atoms with van der Waals surface area (Å²) in [5, 5.41) is 12.1. The van der Waals surface area contributed by atoms with Gasteiger partial charge in [-0.25, -0.2) is 4.79 Å². The maximum atomic E-state index is 11.7. The molecule has 0 bridgehead atoms. The Morgan fingerprint density at radius 1 is 1.20 bits per heavy atom. The van der Waals surface area contributed by atoms with E-state index < -0.39 is 20.5 Å². The lowest BCUT2D eigenvalue weighted by Gasteiger charge is -2.37. The van der Waals surface area contributed by atoms with Crippen LogP contribution < -0.4 is 5.32 Å². The summed E-state index contributed by atoms with van der Waals surface area (Å²) in [4.78, 5) is 11.7. The highest BCUT2D eigenvalue weighted by Gasteiger charge is 2.37. The number of aliphatic hydroxyl groups excluding tert-OH is 1. The first-order chi connectivity index (χ1) is 8.78. The largest absolute Gasteiger partial charge is 0.441 e. The molecule has 6 heteroatoms. The number of hydrogen-bond donors (Lipinski definition) is 2. The van der Waals surface area contributed by atoms with Crippen LogP contribution in [0.2, 0.25) is 18.1 Å². The lowest BCUT2D eigenvalue weighted by molar-refractivity contribution is 0.0226. The summed E-state index contributed by atoms with van der Waals surface area (Å²) in [6.45, 7) is 16.3. The van der Waals surface area contributed by atoms with Gasteiger partial charge in [0.1, 0.15) is 6.10 Å². The van der Waals surface area contributed by atoms with Gasteiger partial charge in [0.05, 0.1) is 13.2 Å². The second-order valence-corrected chi connectivity index (χ2v) is 12.5. The highest BCUT2D eigenvalue weighted by Crippen LogP contribution is 2.36. The van der Waals surface area contributed by atoms with Crippen molar-refractivity contribution < 1.29 is 19.1 Å². The first kappa shape index (κ1) is 19.4. The van der Waals surface area contributed by atoms with Crippen molar-refractivity contribution in [1.82, 2.24) is 5.32 Å². The van der Waals surface area contributed by atoms with E-state index in [0.29, 0.717) is 0 Å². The van der Waals surface area contributed by atoms with Gasteiger partial charge in [0, 0.05) is 5.54 Å². The Balaban J connectivity index is 4.41. The van der Waals surface area contributed by atoms with Gasteiger partial charge in [-0.3, -0.25) is 0 Å². The topological polar surface area (TPSA) is 67.8 Å². The molecule has 1 amide bonds. The number of hydrogen-bond acceptors (Lipinski definition) is 4. The first-order valence-corrected chi connectivity index (χ1v) is 9.93. The summed E-state index contributed by atoms with van der Waals surface area (Å²) in [5.74, 6) is 0. The van der Waals surface area contributed by atoms with Gasteiger partial charge in [-0.1, -0.05) is 20.8 Å². The zero-order valence-corrected chi connectivity index (χ0v) is 15.2. The minimum atomic E-state index is -1.90. The van der Waals surface area contributed by atoms with E-state index in [0.717, 1.165) is 0 Å². The molecule has 20 heavy (non-hydrogen) atoms. The van der Waals surface area contributed by atoms with Crippen LogP contribution >= 0.6 is 0 Å². The number of carbonyl (C=O) groups excluding carboxylic acids is 1. The molecule has 0 fully saturated rings. The molecule has 2 N–H and O–H groups in total. The van der Waals surface area contributed by atoms with E-state index in [1.54, 1.807) is 0 Å². The van der Waals surface area contributed by atoms with Crippen LogP contribution in [0.25, 0.3) is 0 Å². The minimum absolute atomic E-state index is 0.0840. The van der Waals surface area contributed by atoms with Crippen LogP contribution in [0.4, 0.5) is 4.79 Å². The van der Waals surface area contributed by atoms with Crippen LogP contribution in [0.1, 0.15) is 41.5 Å². The van der Waals surface area contributed by atoms with Gasteiger partial charge in [-0.15, -0.1) is 0 Å². The van der Waals surface area contributed by atoms with E-state index in [9.17, 15) is 9.90 Å². The quantitative estimate of drug-likeness (QED) is 0.766. The third-order valence-electron chi connectivity index (χ3n) is 3.39. The Morgan fingerprint density at radius 2 is 1.70 bits per heavy atom. The molecule has 0 spiro atoms. The van der Waals surface area contributed by atoms with E-state index in [4.69, 9.17) is 9.16 Å². The molecule has 0 radical (unpaired) electrons. The number of alkyl carbamates (subject to hydrolysis) is 1. The van der Waals surface area contributed by atoms with E-state index >= 15 is 0 Å². The van der Waals surface area contributed by atoms with E-state index in [-0.39, 0.29) is 23.8 Å². The molecule has 0 aliphatic rings. The van der Waals surface area contributed by atoms with Crippen molar-refractivity contribution in [2.24, 2.45) is 0 Å². The molecule has 0 saturated heterocycles. The van der Waals surface area contributed by atoms with Crippen LogP contribution in [0.5, 0.6) is 0 Å². The lowest BCUT2D eigenvalue weighted by atomic mass is 10.1. The van der Waals surface area contributed by atoms with Crippen molar-refractivity contribution in [3.05, 3.63) is 0 Å². The number of aliphatic hydroxyl groups is 1. The number of ether oxygens (including phenoxy) is 1. The Kier molecular flexibility index (Phi) is 6.71. The third-order valence-corrected chi connectivity index (χ3v) is 7.89. The van der Waals surface area contributed by atoms with Gasteiger partial charge in [-0.05, 0) is 38.9 Å². The number of carbonyl (C=O) groups is 1. The minimum Gasteiger partial charge on any atom is -0.441 e. The Morgan fingerprint density at radius 3 is 2.05 bits per heavy atom. The number of rotatable bonds is 5. The average Bonchev–Trinajstić information content (AvgIpc) is 2.19. The molecule has 0 aromatic heterocycles. The maximum Gasteiger partial charge on any atom is 0.407 e. The van der Waals surface area contributed by atoms with E-state index in [1.807, 2.05) is 20.8 Å². The van der Waals surface area contributed by atoms with Gasteiger partial charge < -0.3 is 19.6 Å². The SMILES string of the molecule is CC(C)(C)NC(=O)O[C@@H](CO)CO[Si](C)(C)C(C)(C)C. The van der Waals surface area contributed by atoms with E-state index in [2.05, 4.69) is 39.2 Å². The Bertz CT molecular complexity index is 318. The zero-order chi connectivity index (χ0) is 16.2. The molecule has 0 unspecified atom stereocenters. The monoisotopic (exact) mass is 305 g/mol. The van der Waals surface area contributed by atoms with Crippen molar-refractivity contribution in [3.63, 3.8) is 0 Å². The summed E-state index contributed by atoms with van der Waals surface area (Å²) in [7, 11) is -1.90. The summed E-state index contributed by atoms with van der Waals surface area (Å²) >= 11 is 0. The van der Waals surface area contributed by atoms with Crippen molar-refractivity contribution in [1.29, 1.82) is 0 Å². The van der Waals surface area contributed by atoms with Gasteiger partial charge in [0.15, 0.2) is 8.32 Å². The van der Waals surface area contributed by atoms with Gasteiger partial charge in [-0.2, -0.15) is 0 Å². The fourth-order valence-corrected chi connectivity index (χ4v) is 2.16. The summed E-state index contributed by atoms with van der Waals surface area (Å²) in [5.41, 5.74) is -0.364. The molecule has 120 valence electrons. The van der Waals surface area contributed by atoms with Crippen LogP contribution in [-0.2, 0) is 9.16 Å². The maximum absolute atomic E-state index is 11.7. The normalized spacial score (nSPS) is 14.8. The first-order valence-electron chi connectivity index (χ1n) is 7.02.